The van der Waals surface area contributed by atoms with E-state index in [4.69, 9.17) is 47.4 Å². The van der Waals surface area contributed by atoms with E-state index in [0.29, 0.717) is 0 Å². The van der Waals surface area contributed by atoms with Crippen LogP contribution < -0.4 is 0 Å². The van der Waals surface area contributed by atoms with Gasteiger partial charge in [-0.25, -0.2) is 0 Å². The first kappa shape index (κ1) is 36.3. The third-order valence-electron chi connectivity index (χ3n) is 5.89. The monoisotopic (exact) mass is 636 g/mol. The number of aliphatic hydroxyl groups is 1. The van der Waals surface area contributed by atoms with Gasteiger partial charge in [-0.2, -0.15) is 0 Å². The highest BCUT2D eigenvalue weighted by molar-refractivity contribution is 5.69. The molecular formula is C26H36O18. The molecule has 2 saturated heterocycles. The van der Waals surface area contributed by atoms with Crippen LogP contribution in [0.3, 0.4) is 0 Å². The number of carbonyl (C=O) groups is 7. The van der Waals surface area contributed by atoms with Crippen molar-refractivity contribution in [2.45, 2.75) is 110 Å². The first-order chi connectivity index (χ1) is 20.5. The van der Waals surface area contributed by atoms with Crippen molar-refractivity contribution >= 4 is 41.8 Å². The number of rotatable bonds is 11. The average Bonchev–Trinajstić information content (AvgIpc) is 2.87. The molecule has 0 spiro atoms. The highest BCUT2D eigenvalue weighted by atomic mass is 16.7. The summed E-state index contributed by atoms with van der Waals surface area (Å²) in [4.78, 5) is 83.0. The second-order valence-corrected chi connectivity index (χ2v) is 9.69. The highest BCUT2D eigenvalue weighted by Gasteiger charge is 2.55. The number of ether oxygens (including phenoxy) is 10. The molecule has 2 heterocycles. The maximum atomic E-state index is 12.1. The minimum atomic E-state index is -1.90. The minimum absolute atomic E-state index is 0.523. The summed E-state index contributed by atoms with van der Waals surface area (Å²) in [6.07, 6.45) is -15.6. The summed E-state index contributed by atoms with van der Waals surface area (Å²) >= 11 is 0. The van der Waals surface area contributed by atoms with E-state index in [0.717, 1.165) is 48.5 Å². The zero-order valence-electron chi connectivity index (χ0n) is 25.1. The number of esters is 7. The lowest BCUT2D eigenvalue weighted by Gasteiger charge is -2.45. The summed E-state index contributed by atoms with van der Waals surface area (Å²) in [7, 11) is 0. The van der Waals surface area contributed by atoms with E-state index in [-0.39, 0.29) is 0 Å². The highest BCUT2D eigenvalue weighted by Crippen LogP contribution is 2.32. The van der Waals surface area contributed by atoms with Gasteiger partial charge in [0.05, 0.1) is 6.61 Å². The van der Waals surface area contributed by atoms with Crippen molar-refractivity contribution in [3.05, 3.63) is 0 Å². The van der Waals surface area contributed by atoms with Gasteiger partial charge in [-0.1, -0.05) is 0 Å². The molecule has 0 amide bonds. The maximum absolute atomic E-state index is 12.1. The van der Waals surface area contributed by atoms with Crippen LogP contribution in [-0.2, 0) is 80.9 Å². The van der Waals surface area contributed by atoms with Gasteiger partial charge >= 0.3 is 41.8 Å². The number of carbonyl (C=O) groups excluding carboxylic acids is 7. The molecule has 18 nitrogen and oxygen atoms in total. The zero-order valence-corrected chi connectivity index (χ0v) is 25.1. The predicted octanol–water partition coefficient (Wildman–Crippen LogP) is -1.40. The van der Waals surface area contributed by atoms with Gasteiger partial charge in [-0.15, -0.1) is 0 Å². The van der Waals surface area contributed by atoms with Gasteiger partial charge in [0.25, 0.3) is 0 Å². The van der Waals surface area contributed by atoms with Gasteiger partial charge in [0.1, 0.15) is 18.8 Å². The Morgan fingerprint density at radius 3 is 1.27 bits per heavy atom. The van der Waals surface area contributed by atoms with Gasteiger partial charge in [0, 0.05) is 48.5 Å². The lowest BCUT2D eigenvalue weighted by molar-refractivity contribution is -0.330. The molecular weight excluding hydrogens is 600 g/mol. The third-order valence-corrected chi connectivity index (χ3v) is 5.89. The van der Waals surface area contributed by atoms with Crippen LogP contribution in [0.4, 0.5) is 0 Å². The van der Waals surface area contributed by atoms with E-state index in [1.165, 1.54) is 0 Å². The molecule has 18 heteroatoms. The van der Waals surface area contributed by atoms with E-state index in [9.17, 15) is 38.7 Å². The Hall–Kier alpha value is -3.87. The van der Waals surface area contributed by atoms with Crippen LogP contribution in [0.2, 0.25) is 0 Å². The lowest BCUT2D eigenvalue weighted by Crippen LogP contribution is -2.64. The van der Waals surface area contributed by atoms with Crippen molar-refractivity contribution in [3.63, 3.8) is 0 Å². The second-order valence-electron chi connectivity index (χ2n) is 9.69. The fraction of sp³-hybridized carbons (Fsp3) is 0.731. The first-order valence-electron chi connectivity index (χ1n) is 13.3. The Balaban J connectivity index is 2.48. The smallest absolute Gasteiger partial charge is 0.303 e. The molecule has 2 aliphatic heterocycles. The van der Waals surface area contributed by atoms with E-state index in [1.54, 1.807) is 0 Å². The van der Waals surface area contributed by atoms with Crippen LogP contribution in [0.1, 0.15) is 48.5 Å². The van der Waals surface area contributed by atoms with Crippen LogP contribution in [0, 0.1) is 0 Å². The van der Waals surface area contributed by atoms with Gasteiger partial charge in [0.15, 0.2) is 49.2 Å². The van der Waals surface area contributed by atoms with Crippen molar-refractivity contribution in [1.82, 2.24) is 0 Å². The van der Waals surface area contributed by atoms with E-state index >= 15 is 0 Å². The molecule has 248 valence electrons. The molecule has 2 fully saturated rings. The molecule has 1 N–H and O–H groups in total. The minimum Gasteiger partial charge on any atom is -0.463 e. The molecule has 0 saturated carbocycles. The summed E-state index contributed by atoms with van der Waals surface area (Å²) in [5.74, 6) is -5.94. The predicted molar refractivity (Wildman–Crippen MR) is 135 cm³/mol. The largest absolute Gasteiger partial charge is 0.463 e. The SMILES string of the molecule is CC(=O)OC[C@H]1OC(OCC2OC(O)C(OC(C)=O)C(OC(C)=O)C2OC(C)=O)[C@H](OC(C)=O)[C@@H](OC(C)=O)[C@@H]1OC(C)=O. The molecule has 0 aromatic rings. The summed E-state index contributed by atoms with van der Waals surface area (Å²) in [5.41, 5.74) is 0. The zero-order chi connectivity index (χ0) is 33.3. The Morgan fingerprint density at radius 1 is 0.477 bits per heavy atom. The van der Waals surface area contributed by atoms with Gasteiger partial charge in [0.2, 0.25) is 0 Å². The van der Waals surface area contributed by atoms with Crippen LogP contribution in [0.5, 0.6) is 0 Å². The molecule has 0 aromatic carbocycles. The fourth-order valence-electron chi connectivity index (χ4n) is 4.52. The molecule has 0 aromatic heterocycles. The molecule has 6 unspecified atom stereocenters. The Morgan fingerprint density at radius 2 is 0.841 bits per heavy atom. The quantitative estimate of drug-likeness (QED) is 0.203. The standard InChI is InChI=1S/C26H36O18/c1-10(27)35-8-18-20(38-12(3)29)22(40-14(5)31)24(42-16(7)33)26(44-18)36-9-17-19(37-11(2)28)21(39-13(4)30)23(25(34)43-17)41-15(6)32/h17-26,34H,8-9H2,1-7H3/t17?,18-,19?,20-,21?,22+,23?,24-,25?,26?/m1/s1. The second kappa shape index (κ2) is 16.3. The number of aliphatic hydroxyl groups excluding tert-OH is 1. The molecule has 10 atom stereocenters. The van der Waals surface area contributed by atoms with Gasteiger partial charge in [-0.3, -0.25) is 33.6 Å². The summed E-state index contributed by atoms with van der Waals surface area (Å²) in [6.45, 7) is 6.15. The van der Waals surface area contributed by atoms with E-state index in [1.807, 2.05) is 0 Å². The molecule has 44 heavy (non-hydrogen) atoms. The molecule has 2 aliphatic rings. The molecule has 2 rings (SSSR count). The molecule has 0 bridgehead atoms. The first-order valence-corrected chi connectivity index (χ1v) is 13.3. The number of hydrogen-bond donors (Lipinski definition) is 1. The van der Waals surface area contributed by atoms with Crippen molar-refractivity contribution in [3.8, 4) is 0 Å². The Bertz CT molecular complexity index is 1090. The maximum Gasteiger partial charge on any atom is 0.303 e. The van der Waals surface area contributed by atoms with E-state index in [2.05, 4.69) is 0 Å². The molecule has 0 radical (unpaired) electrons. The van der Waals surface area contributed by atoms with Crippen molar-refractivity contribution in [2.24, 2.45) is 0 Å². The van der Waals surface area contributed by atoms with Crippen LogP contribution in [0.15, 0.2) is 0 Å². The lowest BCUT2D eigenvalue weighted by atomic mass is 9.97. The van der Waals surface area contributed by atoms with Gasteiger partial charge in [-0.05, 0) is 0 Å². The summed E-state index contributed by atoms with van der Waals surface area (Å²) in [6, 6.07) is 0. The third kappa shape index (κ3) is 10.7. The van der Waals surface area contributed by atoms with Crippen LogP contribution >= 0.6 is 0 Å². The number of hydrogen-bond acceptors (Lipinski definition) is 18. The Kier molecular flexibility index (Phi) is 13.4. The van der Waals surface area contributed by atoms with Crippen molar-refractivity contribution in [2.75, 3.05) is 13.2 Å². The fourth-order valence-corrected chi connectivity index (χ4v) is 4.52. The normalized spacial score (nSPS) is 31.5. The molecule has 0 aliphatic carbocycles. The average molecular weight is 637 g/mol. The Labute approximate surface area is 251 Å². The van der Waals surface area contributed by atoms with Gasteiger partial charge < -0.3 is 52.5 Å². The summed E-state index contributed by atoms with van der Waals surface area (Å²) in [5, 5.41) is 10.6. The van der Waals surface area contributed by atoms with Crippen LogP contribution in [-0.4, -0.2) is 122 Å². The summed E-state index contributed by atoms with van der Waals surface area (Å²) < 4.78 is 53.7. The van der Waals surface area contributed by atoms with Crippen molar-refractivity contribution < 1.29 is 86.0 Å². The van der Waals surface area contributed by atoms with Crippen molar-refractivity contribution in [1.29, 1.82) is 0 Å². The van der Waals surface area contributed by atoms with Crippen LogP contribution in [0.25, 0.3) is 0 Å². The topological polar surface area (TPSA) is 232 Å². The van der Waals surface area contributed by atoms with E-state index < -0.39 is 116 Å².